The van der Waals surface area contributed by atoms with E-state index >= 15 is 0 Å². The third-order valence-corrected chi connectivity index (χ3v) is 4.68. The number of benzene rings is 1. The molecule has 118 valence electrons. The van der Waals surface area contributed by atoms with Crippen molar-refractivity contribution in [3.8, 4) is 0 Å². The smallest absolute Gasteiger partial charge is 0.319 e. The predicted octanol–water partition coefficient (Wildman–Crippen LogP) is 1.69. The highest BCUT2D eigenvalue weighted by Gasteiger charge is 2.17. The van der Waals surface area contributed by atoms with Crippen molar-refractivity contribution in [1.82, 2.24) is 9.13 Å². The van der Waals surface area contributed by atoms with Gasteiger partial charge in [-0.3, -0.25) is 18.7 Å². The van der Waals surface area contributed by atoms with Gasteiger partial charge in [0.1, 0.15) is 10.6 Å². The molecule has 8 heteroatoms. The molecule has 1 amide bonds. The first-order valence-corrected chi connectivity index (χ1v) is 7.47. The summed E-state index contributed by atoms with van der Waals surface area (Å²) >= 11 is 1.01. The van der Waals surface area contributed by atoms with Gasteiger partial charge in [0, 0.05) is 14.1 Å². The molecule has 23 heavy (non-hydrogen) atoms. The molecule has 0 aliphatic rings. The molecular formula is C15H12FN3O3S. The van der Waals surface area contributed by atoms with Gasteiger partial charge < -0.3 is 5.32 Å². The number of carbonyl (C=O) groups is 1. The molecule has 3 aromatic rings. The molecule has 0 aliphatic carbocycles. The van der Waals surface area contributed by atoms with Crippen LogP contribution in [-0.4, -0.2) is 15.0 Å². The van der Waals surface area contributed by atoms with Gasteiger partial charge in [-0.2, -0.15) is 0 Å². The quantitative estimate of drug-likeness (QED) is 0.776. The number of thiophene rings is 1. The number of aromatic nitrogens is 2. The van der Waals surface area contributed by atoms with Gasteiger partial charge in [0.2, 0.25) is 0 Å². The van der Waals surface area contributed by atoms with Gasteiger partial charge in [0.05, 0.1) is 16.0 Å². The Bertz CT molecular complexity index is 1050. The van der Waals surface area contributed by atoms with Crippen LogP contribution in [0.25, 0.3) is 10.2 Å². The fourth-order valence-corrected chi connectivity index (χ4v) is 3.22. The largest absolute Gasteiger partial charge is 0.331 e. The first-order chi connectivity index (χ1) is 10.9. The number of rotatable bonds is 2. The van der Waals surface area contributed by atoms with E-state index in [2.05, 4.69) is 5.32 Å². The summed E-state index contributed by atoms with van der Waals surface area (Å²) in [5.41, 5.74) is -0.883. The van der Waals surface area contributed by atoms with Crippen molar-refractivity contribution < 1.29 is 9.18 Å². The summed E-state index contributed by atoms with van der Waals surface area (Å²) < 4.78 is 15.9. The first-order valence-electron chi connectivity index (χ1n) is 6.65. The van der Waals surface area contributed by atoms with Gasteiger partial charge in [-0.15, -0.1) is 11.3 Å². The Morgan fingerprint density at radius 3 is 2.57 bits per heavy atom. The average Bonchev–Trinajstić information content (AvgIpc) is 2.98. The van der Waals surface area contributed by atoms with Crippen LogP contribution in [0.3, 0.4) is 0 Å². The number of para-hydroxylation sites is 1. The summed E-state index contributed by atoms with van der Waals surface area (Å²) in [6.45, 7) is 0. The second-order valence-corrected chi connectivity index (χ2v) is 6.00. The highest BCUT2D eigenvalue weighted by atomic mass is 32.1. The number of anilines is 1. The monoisotopic (exact) mass is 333 g/mol. The number of nitrogens with zero attached hydrogens (tertiary/aromatic N) is 2. The Morgan fingerprint density at radius 1 is 1.17 bits per heavy atom. The Hall–Kier alpha value is -2.74. The van der Waals surface area contributed by atoms with Crippen molar-refractivity contribution in [1.29, 1.82) is 0 Å². The molecule has 1 aromatic carbocycles. The topological polar surface area (TPSA) is 73.1 Å². The maximum absolute atomic E-state index is 13.6. The number of fused-ring (bicyclic) bond motifs is 1. The third-order valence-electron chi connectivity index (χ3n) is 3.47. The number of amides is 1. The zero-order chi connectivity index (χ0) is 16.7. The molecule has 0 saturated heterocycles. The van der Waals surface area contributed by atoms with E-state index < -0.39 is 23.0 Å². The predicted molar refractivity (Wildman–Crippen MR) is 86.7 cm³/mol. The molecule has 0 aliphatic heterocycles. The summed E-state index contributed by atoms with van der Waals surface area (Å²) in [7, 11) is 2.90. The molecule has 0 radical (unpaired) electrons. The molecule has 3 rings (SSSR count). The lowest BCUT2D eigenvalue weighted by Crippen LogP contribution is -2.36. The van der Waals surface area contributed by atoms with E-state index in [1.165, 1.54) is 42.9 Å². The van der Waals surface area contributed by atoms with Crippen molar-refractivity contribution in [2.45, 2.75) is 0 Å². The van der Waals surface area contributed by atoms with E-state index in [1.807, 2.05) is 0 Å². The Balaban J connectivity index is 2.08. The van der Waals surface area contributed by atoms with Gasteiger partial charge >= 0.3 is 5.69 Å². The first kappa shape index (κ1) is 15.2. The number of hydrogen-bond donors (Lipinski definition) is 1. The normalized spacial score (nSPS) is 10.9. The molecule has 0 saturated carbocycles. The minimum Gasteiger partial charge on any atom is -0.319 e. The van der Waals surface area contributed by atoms with Gasteiger partial charge in [0.25, 0.3) is 11.5 Å². The lowest BCUT2D eigenvalue weighted by molar-refractivity contribution is 0.103. The van der Waals surface area contributed by atoms with Crippen molar-refractivity contribution >= 4 is 33.1 Å². The number of carbonyl (C=O) groups excluding carboxylic acids is 1. The fraction of sp³-hybridized carbons (Fsp3) is 0.133. The van der Waals surface area contributed by atoms with Crippen molar-refractivity contribution in [3.63, 3.8) is 0 Å². The molecule has 0 spiro atoms. The minimum absolute atomic E-state index is 0.0525. The Morgan fingerprint density at radius 2 is 1.87 bits per heavy atom. The van der Waals surface area contributed by atoms with Crippen LogP contribution in [-0.2, 0) is 14.1 Å². The van der Waals surface area contributed by atoms with Crippen LogP contribution in [0.5, 0.6) is 0 Å². The zero-order valence-electron chi connectivity index (χ0n) is 12.3. The van der Waals surface area contributed by atoms with Crippen LogP contribution >= 0.6 is 11.3 Å². The number of aryl methyl sites for hydroxylation is 1. The molecule has 2 heterocycles. The molecule has 1 N–H and O–H groups in total. The molecule has 2 aromatic heterocycles. The maximum atomic E-state index is 13.6. The Labute approximate surface area is 133 Å². The highest BCUT2D eigenvalue weighted by Crippen LogP contribution is 2.23. The average molecular weight is 333 g/mol. The molecular weight excluding hydrogens is 321 g/mol. The van der Waals surface area contributed by atoms with Gasteiger partial charge in [-0.25, -0.2) is 9.18 Å². The van der Waals surface area contributed by atoms with E-state index in [1.54, 1.807) is 6.07 Å². The van der Waals surface area contributed by atoms with E-state index in [-0.39, 0.29) is 16.0 Å². The summed E-state index contributed by atoms with van der Waals surface area (Å²) in [6, 6.07) is 7.21. The number of halogens is 1. The van der Waals surface area contributed by atoms with E-state index in [4.69, 9.17) is 0 Å². The molecule has 6 nitrogen and oxygen atoms in total. The van der Waals surface area contributed by atoms with Crippen molar-refractivity contribution in [2.75, 3.05) is 5.32 Å². The standard InChI is InChI=1S/C15H12FN3O3S/c1-18-13(21)8-7-11(23-14(8)19(2)15(18)22)12(20)17-10-6-4-3-5-9(10)16/h3-7H,1-2H3,(H,17,20). The van der Waals surface area contributed by atoms with E-state index in [0.717, 1.165) is 15.9 Å². The van der Waals surface area contributed by atoms with E-state index in [0.29, 0.717) is 4.83 Å². The lowest BCUT2D eigenvalue weighted by Gasteiger charge is -2.03. The van der Waals surface area contributed by atoms with Crippen LogP contribution in [0.15, 0.2) is 39.9 Å². The van der Waals surface area contributed by atoms with Crippen LogP contribution < -0.4 is 16.6 Å². The Kier molecular flexibility index (Phi) is 3.61. The summed E-state index contributed by atoms with van der Waals surface area (Å²) in [6.07, 6.45) is 0. The minimum atomic E-state index is -0.551. The SMILES string of the molecule is Cn1c(=O)c2cc(C(=O)Nc3ccccc3F)sc2n(C)c1=O. The lowest BCUT2D eigenvalue weighted by atomic mass is 10.3. The highest BCUT2D eigenvalue weighted by molar-refractivity contribution is 7.20. The van der Waals surface area contributed by atoms with Gasteiger partial charge in [0.15, 0.2) is 0 Å². The second-order valence-electron chi connectivity index (χ2n) is 4.97. The zero-order valence-corrected chi connectivity index (χ0v) is 13.1. The maximum Gasteiger partial charge on any atom is 0.331 e. The van der Waals surface area contributed by atoms with Crippen LogP contribution in [0.4, 0.5) is 10.1 Å². The molecule has 0 unspecified atom stereocenters. The van der Waals surface area contributed by atoms with Crippen molar-refractivity contribution in [2.24, 2.45) is 14.1 Å². The molecule has 0 fully saturated rings. The number of nitrogens with one attached hydrogen (secondary N) is 1. The number of hydrogen-bond acceptors (Lipinski definition) is 4. The summed E-state index contributed by atoms with van der Waals surface area (Å²) in [5.74, 6) is -1.09. The van der Waals surface area contributed by atoms with Crippen LogP contribution in [0.2, 0.25) is 0 Å². The van der Waals surface area contributed by atoms with Crippen molar-refractivity contribution in [3.05, 3.63) is 61.9 Å². The van der Waals surface area contributed by atoms with Gasteiger partial charge in [-0.05, 0) is 18.2 Å². The van der Waals surface area contributed by atoms with Gasteiger partial charge in [-0.1, -0.05) is 12.1 Å². The third kappa shape index (κ3) is 2.46. The molecule has 0 atom stereocenters. The van der Waals surface area contributed by atoms with E-state index in [9.17, 15) is 18.8 Å². The summed E-state index contributed by atoms with van der Waals surface area (Å²) in [4.78, 5) is 36.9. The second kappa shape index (κ2) is 5.47. The van der Waals surface area contributed by atoms with Crippen LogP contribution in [0, 0.1) is 5.82 Å². The fourth-order valence-electron chi connectivity index (χ4n) is 2.22. The summed E-state index contributed by atoms with van der Waals surface area (Å²) in [5, 5.41) is 2.73. The van der Waals surface area contributed by atoms with Crippen LogP contribution in [0.1, 0.15) is 9.67 Å². The molecule has 0 bridgehead atoms.